The maximum Gasteiger partial charge on any atom is 0.337 e. The molecule has 0 fully saturated rings. The standard InChI is InChI=1S/C20H19N3O3/c1-13-8-9-15(20(25)26-2)10-17(13)21-12-16-11-18(24)23-19(22-16)14-6-4-3-5-7-14/h3-11,21H,12H2,1-2H3,(H,22,23,24). The fraction of sp³-hybridized carbons (Fsp3) is 0.150. The van der Waals surface area contributed by atoms with Gasteiger partial charge in [0.1, 0.15) is 5.82 Å². The summed E-state index contributed by atoms with van der Waals surface area (Å²) in [7, 11) is 1.35. The van der Waals surface area contributed by atoms with E-state index in [1.165, 1.54) is 13.2 Å². The zero-order valence-corrected chi connectivity index (χ0v) is 14.6. The number of ether oxygens (including phenoxy) is 1. The minimum atomic E-state index is -0.395. The van der Waals surface area contributed by atoms with Gasteiger partial charge < -0.3 is 15.0 Å². The summed E-state index contributed by atoms with van der Waals surface area (Å²) < 4.78 is 4.75. The summed E-state index contributed by atoms with van der Waals surface area (Å²) in [6.07, 6.45) is 0. The van der Waals surface area contributed by atoms with Gasteiger partial charge in [-0.05, 0) is 24.6 Å². The molecule has 0 saturated carbocycles. The molecule has 3 rings (SSSR count). The van der Waals surface area contributed by atoms with Gasteiger partial charge in [0.25, 0.3) is 5.56 Å². The Morgan fingerprint density at radius 2 is 1.92 bits per heavy atom. The number of anilines is 1. The Morgan fingerprint density at radius 1 is 1.15 bits per heavy atom. The average molecular weight is 349 g/mol. The summed E-state index contributed by atoms with van der Waals surface area (Å²) in [5.74, 6) is 0.128. The highest BCUT2D eigenvalue weighted by Crippen LogP contribution is 2.19. The Labute approximate surface area is 150 Å². The van der Waals surface area contributed by atoms with Crippen LogP contribution in [-0.2, 0) is 11.3 Å². The minimum Gasteiger partial charge on any atom is -0.465 e. The van der Waals surface area contributed by atoms with Crippen LogP contribution in [0.3, 0.4) is 0 Å². The zero-order chi connectivity index (χ0) is 18.5. The Balaban J connectivity index is 1.83. The van der Waals surface area contributed by atoms with E-state index in [1.54, 1.807) is 12.1 Å². The second kappa shape index (κ2) is 7.65. The van der Waals surface area contributed by atoms with E-state index in [1.807, 2.05) is 43.3 Å². The van der Waals surface area contributed by atoms with E-state index in [-0.39, 0.29) is 5.56 Å². The Hall–Kier alpha value is -3.41. The summed E-state index contributed by atoms with van der Waals surface area (Å²) in [6, 6.07) is 16.2. The van der Waals surface area contributed by atoms with E-state index in [9.17, 15) is 9.59 Å². The van der Waals surface area contributed by atoms with Gasteiger partial charge in [-0.2, -0.15) is 0 Å². The van der Waals surface area contributed by atoms with Crippen LogP contribution < -0.4 is 10.9 Å². The van der Waals surface area contributed by atoms with Crippen molar-refractivity contribution in [3.63, 3.8) is 0 Å². The van der Waals surface area contributed by atoms with Gasteiger partial charge in [-0.15, -0.1) is 0 Å². The highest BCUT2D eigenvalue weighted by atomic mass is 16.5. The molecule has 6 nitrogen and oxygen atoms in total. The molecular weight excluding hydrogens is 330 g/mol. The maximum atomic E-state index is 12.0. The van der Waals surface area contributed by atoms with E-state index < -0.39 is 5.97 Å². The number of hydrogen-bond acceptors (Lipinski definition) is 5. The van der Waals surface area contributed by atoms with Crippen molar-refractivity contribution >= 4 is 11.7 Å². The Morgan fingerprint density at radius 3 is 2.65 bits per heavy atom. The number of esters is 1. The van der Waals surface area contributed by atoms with E-state index in [0.29, 0.717) is 23.6 Å². The molecule has 0 amide bonds. The number of carbonyl (C=O) groups is 1. The minimum absolute atomic E-state index is 0.212. The molecule has 0 saturated heterocycles. The van der Waals surface area contributed by atoms with Gasteiger partial charge in [0.2, 0.25) is 0 Å². The first-order chi connectivity index (χ1) is 12.6. The summed E-state index contributed by atoms with van der Waals surface area (Å²) in [5.41, 5.74) is 3.47. The molecule has 132 valence electrons. The third kappa shape index (κ3) is 3.97. The molecule has 1 heterocycles. The summed E-state index contributed by atoms with van der Waals surface area (Å²) in [5, 5.41) is 3.23. The molecule has 0 spiro atoms. The van der Waals surface area contributed by atoms with Crippen LogP contribution in [0.15, 0.2) is 59.4 Å². The second-order valence-corrected chi connectivity index (χ2v) is 5.83. The predicted octanol–water partition coefficient (Wildman–Crippen LogP) is 3.14. The first-order valence-corrected chi connectivity index (χ1v) is 8.15. The SMILES string of the molecule is COC(=O)c1ccc(C)c(NCc2cc(=O)[nH]c(-c3ccccc3)n2)c1. The maximum absolute atomic E-state index is 12.0. The number of carbonyl (C=O) groups excluding carboxylic acids is 1. The molecule has 0 radical (unpaired) electrons. The number of H-pyrrole nitrogens is 1. The first kappa shape index (κ1) is 17.4. The lowest BCUT2D eigenvalue weighted by molar-refractivity contribution is 0.0601. The molecule has 0 bridgehead atoms. The van der Waals surface area contributed by atoms with Gasteiger partial charge in [0.05, 0.1) is 24.9 Å². The van der Waals surface area contributed by atoms with Crippen LogP contribution in [0.5, 0.6) is 0 Å². The van der Waals surface area contributed by atoms with E-state index in [4.69, 9.17) is 4.74 Å². The van der Waals surface area contributed by atoms with E-state index in [2.05, 4.69) is 15.3 Å². The third-order valence-corrected chi connectivity index (χ3v) is 3.96. The van der Waals surface area contributed by atoms with Gasteiger partial charge in [0.15, 0.2) is 0 Å². The van der Waals surface area contributed by atoms with Crippen LogP contribution in [0.1, 0.15) is 21.6 Å². The molecule has 0 atom stereocenters. The third-order valence-electron chi connectivity index (χ3n) is 3.96. The van der Waals surface area contributed by atoms with Crippen molar-refractivity contribution in [1.82, 2.24) is 9.97 Å². The van der Waals surface area contributed by atoms with Crippen LogP contribution in [0, 0.1) is 6.92 Å². The Bertz CT molecular complexity index is 981. The number of nitrogens with zero attached hydrogens (tertiary/aromatic N) is 1. The highest BCUT2D eigenvalue weighted by Gasteiger charge is 2.09. The summed E-state index contributed by atoms with van der Waals surface area (Å²) >= 11 is 0. The van der Waals surface area contributed by atoms with E-state index >= 15 is 0 Å². The largest absolute Gasteiger partial charge is 0.465 e. The monoisotopic (exact) mass is 349 g/mol. The van der Waals surface area contributed by atoms with Gasteiger partial charge in [-0.25, -0.2) is 9.78 Å². The van der Waals surface area contributed by atoms with Crippen molar-refractivity contribution in [2.75, 3.05) is 12.4 Å². The molecule has 6 heteroatoms. The number of methoxy groups -OCH3 is 1. The highest BCUT2D eigenvalue weighted by molar-refractivity contribution is 5.90. The number of hydrogen-bond donors (Lipinski definition) is 2. The van der Waals surface area contributed by atoms with Gasteiger partial charge >= 0.3 is 5.97 Å². The van der Waals surface area contributed by atoms with Crippen LogP contribution >= 0.6 is 0 Å². The number of aromatic nitrogens is 2. The summed E-state index contributed by atoms with van der Waals surface area (Å²) in [6.45, 7) is 2.29. The number of aryl methyl sites for hydroxylation is 1. The zero-order valence-electron chi connectivity index (χ0n) is 14.6. The van der Waals surface area contributed by atoms with Crippen molar-refractivity contribution in [3.05, 3.63) is 81.8 Å². The number of benzene rings is 2. The molecule has 0 aliphatic heterocycles. The molecule has 0 aliphatic carbocycles. The molecule has 3 aromatic rings. The Kier molecular flexibility index (Phi) is 5.12. The van der Waals surface area contributed by atoms with Crippen molar-refractivity contribution in [2.45, 2.75) is 13.5 Å². The fourth-order valence-electron chi connectivity index (χ4n) is 2.57. The molecule has 2 N–H and O–H groups in total. The molecule has 26 heavy (non-hydrogen) atoms. The van der Waals surface area contributed by atoms with Crippen LogP contribution in [0.4, 0.5) is 5.69 Å². The van der Waals surface area contributed by atoms with Crippen molar-refractivity contribution in [2.24, 2.45) is 0 Å². The first-order valence-electron chi connectivity index (χ1n) is 8.15. The lowest BCUT2D eigenvalue weighted by Gasteiger charge is -2.11. The van der Waals surface area contributed by atoms with Gasteiger partial charge in [-0.3, -0.25) is 4.79 Å². The normalized spacial score (nSPS) is 10.4. The van der Waals surface area contributed by atoms with Crippen molar-refractivity contribution in [3.8, 4) is 11.4 Å². The molecule has 0 aliphatic rings. The van der Waals surface area contributed by atoms with E-state index in [0.717, 1.165) is 16.8 Å². The number of aromatic amines is 1. The average Bonchev–Trinajstić information content (AvgIpc) is 2.67. The van der Waals surface area contributed by atoms with Crippen LogP contribution in [-0.4, -0.2) is 23.0 Å². The van der Waals surface area contributed by atoms with Crippen LogP contribution in [0.2, 0.25) is 0 Å². The lowest BCUT2D eigenvalue weighted by Crippen LogP contribution is -2.13. The number of nitrogens with one attached hydrogen (secondary N) is 2. The molecular formula is C20H19N3O3. The second-order valence-electron chi connectivity index (χ2n) is 5.83. The fourth-order valence-corrected chi connectivity index (χ4v) is 2.57. The summed E-state index contributed by atoms with van der Waals surface area (Å²) in [4.78, 5) is 30.9. The van der Waals surface area contributed by atoms with Crippen LogP contribution in [0.25, 0.3) is 11.4 Å². The lowest BCUT2D eigenvalue weighted by atomic mass is 10.1. The van der Waals surface area contributed by atoms with Crippen molar-refractivity contribution in [1.29, 1.82) is 0 Å². The topological polar surface area (TPSA) is 84.1 Å². The van der Waals surface area contributed by atoms with Gasteiger partial charge in [-0.1, -0.05) is 36.4 Å². The quantitative estimate of drug-likeness (QED) is 0.691. The number of rotatable bonds is 5. The predicted molar refractivity (Wildman–Crippen MR) is 100 cm³/mol. The molecule has 1 aromatic heterocycles. The molecule has 0 unspecified atom stereocenters. The smallest absolute Gasteiger partial charge is 0.337 e. The van der Waals surface area contributed by atoms with Crippen molar-refractivity contribution < 1.29 is 9.53 Å². The molecule has 2 aromatic carbocycles. The van der Waals surface area contributed by atoms with Gasteiger partial charge in [0, 0.05) is 17.3 Å².